The molecule has 3 aromatic carbocycles. The minimum atomic E-state index is -4.47. The fraction of sp³-hybridized carbons (Fsp3) is 0.427. The van der Waals surface area contributed by atoms with Gasteiger partial charge in [0.05, 0.1) is 93.0 Å². The number of hydrogen-bond acceptors (Lipinski definition) is 24. The molecule has 41 heteroatoms. The summed E-state index contributed by atoms with van der Waals surface area (Å²) in [5.41, 5.74) is 9.15. The summed E-state index contributed by atoms with van der Waals surface area (Å²) in [5, 5.41) is 54.7. The fourth-order valence-electron chi connectivity index (χ4n) is 14.4. The van der Waals surface area contributed by atoms with Gasteiger partial charge in [-0.05, 0) is 403 Å². The number of alkyl halides is 3. The number of aliphatic hydroxyl groups is 4. The van der Waals surface area contributed by atoms with Crippen molar-refractivity contribution in [3.8, 4) is 68.5 Å². The second-order valence-electron chi connectivity index (χ2n) is 38.0. The van der Waals surface area contributed by atoms with Crippen LogP contribution in [0, 0.1) is 32.3 Å². The van der Waals surface area contributed by atoms with Crippen LogP contribution in [0.25, 0.3) is 33.7 Å². The van der Waals surface area contributed by atoms with Crippen LogP contribution in [0.2, 0.25) is 0 Å². The lowest BCUT2D eigenvalue weighted by Gasteiger charge is -2.38. The third-order valence-corrected chi connectivity index (χ3v) is 30.0. The van der Waals surface area contributed by atoms with E-state index in [1.54, 1.807) is 57.2 Å². The highest BCUT2D eigenvalue weighted by Gasteiger charge is 2.50. The molecule has 3 fully saturated rings. The number of nitrogens with zero attached hydrogens (tertiary/aromatic N) is 7. The Labute approximate surface area is 935 Å². The van der Waals surface area contributed by atoms with Gasteiger partial charge in [0.1, 0.15) is 120 Å². The quantitative estimate of drug-likeness (QED) is 0.0153. The molecule has 7 aromatic heterocycles. The number of benzene rings is 3. The number of fused-ring (bicyclic) bond motifs is 5. The third-order valence-electron chi connectivity index (χ3n) is 25.0. The van der Waals surface area contributed by atoms with Gasteiger partial charge in [0, 0.05) is 66.7 Å². The molecule has 0 spiro atoms. The fourth-order valence-corrected chi connectivity index (χ4v) is 20.0. The van der Waals surface area contributed by atoms with Crippen LogP contribution in [-0.2, 0) is 51.5 Å². The molecule has 777 valence electrons. The lowest BCUT2D eigenvalue weighted by Crippen LogP contribution is -2.48. The molecule has 0 bridgehead atoms. The van der Waals surface area contributed by atoms with Crippen molar-refractivity contribution in [2.75, 3.05) is 72.7 Å². The van der Waals surface area contributed by atoms with Crippen LogP contribution < -0.4 is 33.1 Å². The highest BCUT2D eigenvalue weighted by atomic mass is 127. The zero-order valence-electron chi connectivity index (χ0n) is 82.8. The first-order valence-corrected chi connectivity index (χ1v) is 53.9. The van der Waals surface area contributed by atoms with Gasteiger partial charge in [0.25, 0.3) is 0 Å². The smallest absolute Gasteiger partial charge is 0.537 e. The van der Waals surface area contributed by atoms with Gasteiger partial charge in [0.15, 0.2) is 23.0 Å². The van der Waals surface area contributed by atoms with E-state index >= 15 is 0 Å². The Balaban J connectivity index is 0.000000181. The molecule has 1 unspecified atom stereocenters. The van der Waals surface area contributed by atoms with E-state index in [1.807, 2.05) is 58.9 Å². The largest absolute Gasteiger partial charge is 0.569 e. The van der Waals surface area contributed by atoms with Crippen LogP contribution in [-0.4, -0.2) is 182 Å². The summed E-state index contributed by atoms with van der Waals surface area (Å²) in [4.78, 5) is 30.4. The van der Waals surface area contributed by atoms with Gasteiger partial charge in [-0.25, -0.2) is 48.1 Å². The number of halogens is 15. The number of aromatic nitrogens is 7. The summed E-state index contributed by atoms with van der Waals surface area (Å²) in [6.45, 7) is 49.9. The summed E-state index contributed by atoms with van der Waals surface area (Å²) < 4.78 is 142. The molecule has 10 aromatic rings. The van der Waals surface area contributed by atoms with Crippen molar-refractivity contribution in [1.29, 1.82) is 0 Å². The molecular formula is C103H117B2Br5F6I4N7O17. The molecule has 144 heavy (non-hydrogen) atoms. The molecular weight excluding hydrogens is 2650 g/mol. The Kier molecular flexibility index (Phi) is 43.8. The number of allylic oxidation sites excluding steroid dienone is 3. The van der Waals surface area contributed by atoms with Crippen molar-refractivity contribution >= 4 is 196 Å². The molecule has 9 atom stereocenters. The van der Waals surface area contributed by atoms with Crippen molar-refractivity contribution in [1.82, 2.24) is 34.9 Å². The summed E-state index contributed by atoms with van der Waals surface area (Å²) in [7, 11) is -0.837. The second kappa shape index (κ2) is 51.9. The minimum absolute atomic E-state index is 0.0166. The molecule has 1 radical (unpaired) electrons. The van der Waals surface area contributed by atoms with Gasteiger partial charge in [-0.1, -0.05) is 75.1 Å². The SMILES string of the molecule is C=C(B1OC(C)CC(C)(C)O1)C(F)(F)F.C=C(C)c1cc2c(c(-c3ccc(F)cc3)n1)OC[C@]2(C)CC.C=C(C)c1cc2c(c(Br)n1)OC[C@]2(C)CC.CC[C@@]1(C)COc2c1cc(I)nc2Br.CC[C@@]1(C)COc2c1cc([C@@](C)(O)CO)nc2-c1ccc(F)cc1.C[C@]1(CO)CO1.C[C@]1(CO)COc2c1cc(I)nc2Br.C[C@]1(COc2ccc(I)nc2Br)CO1.O[B]Oc1ccc(F)cc1.Oc1ccc(I)nc1Br. The van der Waals surface area contributed by atoms with E-state index in [0.29, 0.717) is 73.6 Å². The molecule has 0 saturated carbocycles. The number of aliphatic hydroxyl groups excluding tert-OH is 3. The predicted molar refractivity (Wildman–Crippen MR) is 598 cm³/mol. The summed E-state index contributed by atoms with van der Waals surface area (Å²) in [5.74, 6) is 4.52. The Hall–Kier alpha value is -6.00. The number of ether oxygens (including phenoxy) is 8. The van der Waals surface area contributed by atoms with E-state index in [9.17, 15) is 41.7 Å². The van der Waals surface area contributed by atoms with Gasteiger partial charge in [-0.3, -0.25) is 0 Å². The molecule has 8 aliphatic heterocycles. The molecule has 8 aliphatic rings. The highest BCUT2D eigenvalue weighted by Crippen LogP contribution is 2.52. The number of hydrogen-bond donors (Lipinski definition) is 6. The van der Waals surface area contributed by atoms with E-state index in [1.165, 1.54) is 72.1 Å². The Morgan fingerprint density at radius 1 is 0.486 bits per heavy atom. The average Bonchev–Trinajstić information content (AvgIpc) is 1.56. The summed E-state index contributed by atoms with van der Waals surface area (Å²) in [6, 6.07) is 35.0. The van der Waals surface area contributed by atoms with E-state index < -0.39 is 36.6 Å². The van der Waals surface area contributed by atoms with Gasteiger partial charge >= 0.3 is 21.0 Å². The molecule has 6 N–H and O–H groups in total. The van der Waals surface area contributed by atoms with Crippen LogP contribution in [0.5, 0.6) is 46.0 Å². The summed E-state index contributed by atoms with van der Waals surface area (Å²) >= 11 is 25.3. The molecule has 18 rings (SSSR count). The number of epoxide rings is 2. The van der Waals surface area contributed by atoms with Crippen LogP contribution in [0.4, 0.5) is 26.3 Å². The first-order valence-electron chi connectivity index (χ1n) is 45.7. The monoisotopic (exact) mass is 2760 g/mol. The Bertz CT molecular complexity index is 6090. The number of pyridine rings is 7. The molecule has 3 saturated heterocycles. The van der Waals surface area contributed by atoms with E-state index in [-0.39, 0.29) is 80.8 Å². The lowest BCUT2D eigenvalue weighted by atomic mass is 9.74. The second-order valence-corrected chi connectivity index (χ2v) is 46.2. The van der Waals surface area contributed by atoms with E-state index in [2.05, 4.69) is 298 Å². The number of aromatic hydroxyl groups is 1. The number of rotatable bonds is 18. The van der Waals surface area contributed by atoms with E-state index in [4.69, 9.17) is 67.4 Å². The highest BCUT2D eigenvalue weighted by molar-refractivity contribution is 14.1. The molecule has 0 amide bonds. The van der Waals surface area contributed by atoms with Crippen LogP contribution in [0.15, 0.2) is 176 Å². The van der Waals surface area contributed by atoms with Gasteiger partial charge in [0.2, 0.25) is 0 Å². The van der Waals surface area contributed by atoms with Crippen LogP contribution >= 0.6 is 170 Å². The molecule has 0 aliphatic carbocycles. The molecule has 24 nitrogen and oxygen atoms in total. The first-order chi connectivity index (χ1) is 67.4. The molecule has 15 heterocycles. The van der Waals surface area contributed by atoms with Crippen molar-refractivity contribution in [3.05, 3.63) is 253 Å². The van der Waals surface area contributed by atoms with Crippen molar-refractivity contribution in [3.63, 3.8) is 0 Å². The average molecular weight is 2770 g/mol. The van der Waals surface area contributed by atoms with Crippen molar-refractivity contribution in [2.45, 2.75) is 212 Å². The maximum atomic E-state index is 13.3. The maximum Gasteiger partial charge on any atom is 0.569 e. The van der Waals surface area contributed by atoms with Crippen molar-refractivity contribution in [2.24, 2.45) is 0 Å². The Morgan fingerprint density at radius 2 is 0.861 bits per heavy atom. The third kappa shape index (κ3) is 32.5. The van der Waals surface area contributed by atoms with Crippen LogP contribution in [0.3, 0.4) is 0 Å². The topological polar surface area (TPSA) is 320 Å². The lowest BCUT2D eigenvalue weighted by molar-refractivity contribution is -0.0959. The van der Waals surface area contributed by atoms with Gasteiger partial charge in [-0.15, -0.1) is 0 Å². The zero-order valence-corrected chi connectivity index (χ0v) is 99.3. The summed E-state index contributed by atoms with van der Waals surface area (Å²) in [6.07, 6.45) is -0.168. The zero-order chi connectivity index (χ0) is 107. The standard InChI is InChI=1S/C19H22FNO3.C19H20FNO.C13H16BrNO.C10H11BrINO.C9H14BF3O2.2C9H9BrINO2.C6H5BFO2.C5H3BrINO.C4H8O2/c1-4-18(2)11-24-17-14(18)9-15(19(3,23)10-22)21-16(17)12-5-7-13(20)8-6-12;1-5-19(4)11-22-18-15(19)10-16(12(2)3)21-17(18)13-6-8-14(20)9-7-13;1-5-13(4)7-16-11-9(13)6-10(8(2)3)15-12(11)14;1-3-10(2)5-14-8-6(10)4-7(12)13-9(8)11;1-6-5-8(3,4)15-10(14-6)7(2)9(11,12)13;1-9(3-13)4-14-7-5(9)2-6(11)12-8(7)10;1-9(5-14-9)4-13-6-2-3-7(11)12-8(6)10;8-5-1-3-6(4-2-5)10-7-9;6-5-3(9)1-2-4(7)8-5;1-4(2-5)3-6-4/h5-9,22-23H,4,10-11H2,1-3H3;6-10H,2,5,11H2,1,3-4H3;6H,2,5,7H2,1,3-4H3;4H,3,5H2,1-2H3;6H,2,5H2,1,3-4H3;2,13H,3-4H2,1H3;2-3H,4-5H2,1H3;1-4,9H;1-2,9H;5H,2-3H2,1H3/t18-,19-;19-;13-;10-;;2*9-;;;4-/m0000.00..0/s1. The van der Waals surface area contributed by atoms with Gasteiger partial charge < -0.3 is 82.4 Å². The normalized spacial score (nSPS) is 22.1. The van der Waals surface area contributed by atoms with Crippen LogP contribution in [0.1, 0.15) is 195 Å². The Morgan fingerprint density at radius 3 is 1.24 bits per heavy atom. The predicted octanol–water partition coefficient (Wildman–Crippen LogP) is 25.7. The van der Waals surface area contributed by atoms with Gasteiger partial charge in [-0.2, -0.15) is 13.2 Å². The van der Waals surface area contributed by atoms with E-state index in [0.717, 1.165) is 159 Å². The minimum Gasteiger partial charge on any atom is -0.537 e. The maximum absolute atomic E-state index is 13.3. The first kappa shape index (κ1) is 122. The van der Waals surface area contributed by atoms with Crippen molar-refractivity contribution < 1.29 is 109 Å².